The highest BCUT2D eigenvalue weighted by molar-refractivity contribution is 9.10. The van der Waals surface area contributed by atoms with E-state index in [0.29, 0.717) is 15.2 Å². The fraction of sp³-hybridized carbons (Fsp3) is 0.500. The summed E-state index contributed by atoms with van der Waals surface area (Å²) in [6.45, 7) is 4.34. The van der Waals surface area contributed by atoms with E-state index in [0.717, 1.165) is 12.8 Å². The van der Waals surface area contributed by atoms with Gasteiger partial charge in [0.2, 0.25) is 0 Å². The van der Waals surface area contributed by atoms with Crippen molar-refractivity contribution in [1.29, 1.82) is 0 Å². The molecule has 1 aromatic carbocycles. The SMILES string of the molecule is CCC(Cc1ccc(F)c(Br)c1)C(C)Br. The fourth-order valence-corrected chi connectivity index (χ4v) is 2.59. The molecule has 0 N–H and O–H groups in total. The van der Waals surface area contributed by atoms with Gasteiger partial charge in [0, 0.05) is 4.83 Å². The lowest BCUT2D eigenvalue weighted by Gasteiger charge is -2.17. The van der Waals surface area contributed by atoms with Crippen molar-refractivity contribution in [2.24, 2.45) is 5.92 Å². The summed E-state index contributed by atoms with van der Waals surface area (Å²) >= 11 is 6.81. The predicted molar refractivity (Wildman–Crippen MR) is 70.0 cm³/mol. The van der Waals surface area contributed by atoms with E-state index in [9.17, 15) is 4.39 Å². The van der Waals surface area contributed by atoms with Crippen LogP contribution in [0.5, 0.6) is 0 Å². The summed E-state index contributed by atoms with van der Waals surface area (Å²) in [6.07, 6.45) is 2.11. The Labute approximate surface area is 108 Å². The van der Waals surface area contributed by atoms with Gasteiger partial charge in [-0.15, -0.1) is 0 Å². The van der Waals surface area contributed by atoms with Crippen molar-refractivity contribution >= 4 is 31.9 Å². The van der Waals surface area contributed by atoms with Crippen molar-refractivity contribution in [3.8, 4) is 0 Å². The molecule has 0 spiro atoms. The maximum Gasteiger partial charge on any atom is 0.137 e. The van der Waals surface area contributed by atoms with Crippen LogP contribution in [0.1, 0.15) is 25.8 Å². The van der Waals surface area contributed by atoms with Gasteiger partial charge >= 0.3 is 0 Å². The minimum Gasteiger partial charge on any atom is -0.206 e. The van der Waals surface area contributed by atoms with Gasteiger partial charge < -0.3 is 0 Å². The normalized spacial score (nSPS) is 15.0. The number of rotatable bonds is 4. The zero-order valence-corrected chi connectivity index (χ0v) is 12.1. The predicted octanol–water partition coefficient (Wildman–Crippen LogP) is 4.94. The van der Waals surface area contributed by atoms with Crippen molar-refractivity contribution in [2.75, 3.05) is 0 Å². The molecule has 2 atom stereocenters. The van der Waals surface area contributed by atoms with Crippen LogP contribution in [0.25, 0.3) is 0 Å². The van der Waals surface area contributed by atoms with Gasteiger partial charge in [-0.3, -0.25) is 0 Å². The third-order valence-electron chi connectivity index (χ3n) is 2.66. The largest absolute Gasteiger partial charge is 0.206 e. The highest BCUT2D eigenvalue weighted by Crippen LogP contribution is 2.24. The molecule has 0 radical (unpaired) electrons. The van der Waals surface area contributed by atoms with E-state index in [1.165, 1.54) is 11.6 Å². The Balaban J connectivity index is 2.75. The number of hydrogen-bond acceptors (Lipinski definition) is 0. The Hall–Kier alpha value is 0.110. The third-order valence-corrected chi connectivity index (χ3v) is 4.01. The molecule has 0 amide bonds. The van der Waals surface area contributed by atoms with Gasteiger partial charge in [0.25, 0.3) is 0 Å². The van der Waals surface area contributed by atoms with Crippen molar-refractivity contribution in [2.45, 2.75) is 31.5 Å². The molecule has 0 aliphatic carbocycles. The van der Waals surface area contributed by atoms with Gasteiger partial charge in [-0.1, -0.05) is 42.3 Å². The van der Waals surface area contributed by atoms with Crippen LogP contribution in [0.3, 0.4) is 0 Å². The molecule has 15 heavy (non-hydrogen) atoms. The zero-order chi connectivity index (χ0) is 11.4. The molecule has 1 rings (SSSR count). The van der Waals surface area contributed by atoms with Crippen LogP contribution in [0.2, 0.25) is 0 Å². The number of hydrogen-bond donors (Lipinski definition) is 0. The standard InChI is InChI=1S/C12H15Br2F/c1-3-10(8(2)13)6-9-4-5-12(15)11(14)7-9/h4-5,7-8,10H,3,6H2,1-2H3. The minimum atomic E-state index is -0.196. The summed E-state index contributed by atoms with van der Waals surface area (Å²) in [7, 11) is 0. The monoisotopic (exact) mass is 336 g/mol. The Morgan fingerprint density at radius 2 is 2.07 bits per heavy atom. The summed E-state index contributed by atoms with van der Waals surface area (Å²) in [5.74, 6) is 0.404. The van der Waals surface area contributed by atoms with E-state index < -0.39 is 0 Å². The molecule has 3 heteroatoms. The molecule has 0 aliphatic rings. The van der Waals surface area contributed by atoms with E-state index in [4.69, 9.17) is 0 Å². The van der Waals surface area contributed by atoms with Crippen molar-refractivity contribution in [3.63, 3.8) is 0 Å². The van der Waals surface area contributed by atoms with Crippen molar-refractivity contribution in [3.05, 3.63) is 34.1 Å². The molecule has 0 saturated carbocycles. The third kappa shape index (κ3) is 3.87. The second-order valence-corrected chi connectivity index (χ2v) is 6.10. The quantitative estimate of drug-likeness (QED) is 0.682. The van der Waals surface area contributed by atoms with Gasteiger partial charge in [-0.25, -0.2) is 4.39 Å². The average molecular weight is 338 g/mol. The van der Waals surface area contributed by atoms with Crippen LogP contribution < -0.4 is 0 Å². The lowest BCUT2D eigenvalue weighted by molar-refractivity contribution is 0.507. The van der Waals surface area contributed by atoms with E-state index >= 15 is 0 Å². The Morgan fingerprint density at radius 1 is 1.40 bits per heavy atom. The van der Waals surface area contributed by atoms with Gasteiger partial charge in [-0.2, -0.15) is 0 Å². The molecule has 0 bridgehead atoms. The Kier molecular flexibility index (Phi) is 5.27. The number of alkyl halides is 1. The molecule has 0 aliphatic heterocycles. The first-order valence-electron chi connectivity index (χ1n) is 5.12. The minimum absolute atomic E-state index is 0.196. The van der Waals surface area contributed by atoms with Crippen molar-refractivity contribution < 1.29 is 4.39 Å². The highest BCUT2D eigenvalue weighted by Gasteiger charge is 2.13. The summed E-state index contributed by atoms with van der Waals surface area (Å²) in [4.78, 5) is 0.492. The van der Waals surface area contributed by atoms with Gasteiger partial charge in [-0.05, 0) is 46.0 Å². The first kappa shape index (κ1) is 13.2. The van der Waals surface area contributed by atoms with E-state index in [-0.39, 0.29) is 5.82 Å². The molecule has 84 valence electrons. The zero-order valence-electron chi connectivity index (χ0n) is 8.93. The topological polar surface area (TPSA) is 0 Å². The summed E-state index contributed by atoms with van der Waals surface area (Å²) in [5.41, 5.74) is 1.18. The molecule has 2 unspecified atom stereocenters. The average Bonchev–Trinajstić information content (AvgIpc) is 2.19. The molecule has 0 saturated heterocycles. The second kappa shape index (κ2) is 6.00. The summed E-state index contributed by atoms with van der Waals surface area (Å²) in [6, 6.07) is 5.25. The smallest absolute Gasteiger partial charge is 0.137 e. The van der Waals surface area contributed by atoms with Crippen LogP contribution in [0.15, 0.2) is 22.7 Å². The summed E-state index contributed by atoms with van der Waals surface area (Å²) < 4.78 is 13.6. The molecule has 0 heterocycles. The molecular weight excluding hydrogens is 323 g/mol. The molecule has 0 nitrogen and oxygen atoms in total. The molecule has 0 aromatic heterocycles. The number of benzene rings is 1. The second-order valence-electron chi connectivity index (χ2n) is 3.80. The highest BCUT2D eigenvalue weighted by atomic mass is 79.9. The summed E-state index contributed by atoms with van der Waals surface area (Å²) in [5, 5.41) is 0. The first-order valence-corrected chi connectivity index (χ1v) is 6.83. The van der Waals surface area contributed by atoms with Crippen LogP contribution in [0, 0.1) is 11.7 Å². The van der Waals surface area contributed by atoms with Crippen LogP contribution in [-0.4, -0.2) is 4.83 Å². The van der Waals surface area contributed by atoms with Crippen LogP contribution in [-0.2, 0) is 6.42 Å². The van der Waals surface area contributed by atoms with E-state index in [1.807, 2.05) is 12.1 Å². The lowest BCUT2D eigenvalue weighted by Crippen LogP contribution is -2.13. The van der Waals surface area contributed by atoms with Crippen molar-refractivity contribution in [1.82, 2.24) is 0 Å². The van der Waals surface area contributed by atoms with Gasteiger partial charge in [0.1, 0.15) is 5.82 Å². The van der Waals surface area contributed by atoms with Gasteiger partial charge in [0.05, 0.1) is 4.47 Å². The van der Waals surface area contributed by atoms with Crippen LogP contribution in [0.4, 0.5) is 4.39 Å². The molecule has 1 aromatic rings. The number of halogens is 3. The lowest BCUT2D eigenvalue weighted by atomic mass is 9.94. The Morgan fingerprint density at radius 3 is 2.53 bits per heavy atom. The van der Waals surface area contributed by atoms with E-state index in [1.54, 1.807) is 0 Å². The maximum absolute atomic E-state index is 13.0. The molecular formula is C12H15Br2F. The van der Waals surface area contributed by atoms with Gasteiger partial charge in [0.15, 0.2) is 0 Å². The fourth-order valence-electron chi connectivity index (χ4n) is 1.60. The Bertz CT molecular complexity index is 323. The maximum atomic E-state index is 13.0. The van der Waals surface area contributed by atoms with Crippen LogP contribution >= 0.6 is 31.9 Å². The molecule has 0 fully saturated rings. The van der Waals surface area contributed by atoms with E-state index in [2.05, 4.69) is 45.7 Å². The first-order chi connectivity index (χ1) is 7.04.